The highest BCUT2D eigenvalue weighted by Gasteiger charge is 2.29. The molecular weight excluding hydrogens is 470 g/mol. The van der Waals surface area contributed by atoms with E-state index in [0.717, 1.165) is 54.9 Å². The van der Waals surface area contributed by atoms with E-state index < -0.39 is 9.84 Å². The standard InChI is InChI=1S/C21H24ClN5O3S2/c22-20-24-18-12-16(26-7-9-30-10-8-26)3-4-17(18)19(25-20)27-6-1-2-15(13-27)14-32(28,29)21-23-5-11-31-21/h3-5,11-12,15H,1-2,6-10,13-14H2/t15-/m0/s1. The van der Waals surface area contributed by atoms with Gasteiger partial charge in [0, 0.05) is 48.8 Å². The van der Waals surface area contributed by atoms with Crippen molar-refractivity contribution in [2.75, 3.05) is 54.9 Å². The zero-order chi connectivity index (χ0) is 22.1. The lowest BCUT2D eigenvalue weighted by Gasteiger charge is -2.34. The molecule has 2 aliphatic heterocycles. The van der Waals surface area contributed by atoms with Gasteiger partial charge in [-0.1, -0.05) is 0 Å². The topological polar surface area (TPSA) is 88.5 Å². The maximum absolute atomic E-state index is 12.7. The molecule has 32 heavy (non-hydrogen) atoms. The van der Waals surface area contributed by atoms with Crippen LogP contribution in [0.4, 0.5) is 11.5 Å². The molecule has 5 rings (SSSR count). The van der Waals surface area contributed by atoms with Crippen molar-refractivity contribution in [2.24, 2.45) is 5.92 Å². The van der Waals surface area contributed by atoms with Gasteiger partial charge in [0.1, 0.15) is 5.82 Å². The number of piperidine rings is 1. The van der Waals surface area contributed by atoms with Gasteiger partial charge in [0.15, 0.2) is 0 Å². The van der Waals surface area contributed by atoms with Crippen LogP contribution in [0.15, 0.2) is 34.1 Å². The summed E-state index contributed by atoms with van der Waals surface area (Å²) in [6, 6.07) is 6.18. The van der Waals surface area contributed by atoms with E-state index in [9.17, 15) is 8.42 Å². The summed E-state index contributed by atoms with van der Waals surface area (Å²) in [5.74, 6) is 0.869. The molecule has 2 aromatic heterocycles. The predicted molar refractivity (Wildman–Crippen MR) is 127 cm³/mol. The second-order valence-electron chi connectivity index (χ2n) is 8.15. The van der Waals surface area contributed by atoms with Crippen molar-refractivity contribution in [1.29, 1.82) is 0 Å². The van der Waals surface area contributed by atoms with E-state index in [4.69, 9.17) is 16.3 Å². The van der Waals surface area contributed by atoms with Gasteiger partial charge in [-0.2, -0.15) is 4.98 Å². The van der Waals surface area contributed by atoms with E-state index in [1.54, 1.807) is 5.38 Å². The first-order valence-electron chi connectivity index (χ1n) is 10.7. The Balaban J connectivity index is 1.40. The first kappa shape index (κ1) is 21.8. The molecular formula is C21H24ClN5O3S2. The zero-order valence-corrected chi connectivity index (χ0v) is 19.9. The maximum atomic E-state index is 12.7. The number of nitrogens with zero attached hydrogens (tertiary/aromatic N) is 5. The average molecular weight is 494 g/mol. The quantitative estimate of drug-likeness (QED) is 0.500. The first-order chi connectivity index (χ1) is 15.5. The van der Waals surface area contributed by atoms with Crippen molar-refractivity contribution in [2.45, 2.75) is 17.2 Å². The van der Waals surface area contributed by atoms with Gasteiger partial charge in [-0.3, -0.25) is 0 Å². The summed E-state index contributed by atoms with van der Waals surface area (Å²) in [4.78, 5) is 17.4. The molecule has 4 heterocycles. The third-order valence-electron chi connectivity index (χ3n) is 5.96. The molecule has 8 nitrogen and oxygen atoms in total. The second-order valence-corrected chi connectivity index (χ2v) is 11.6. The van der Waals surface area contributed by atoms with E-state index in [0.29, 0.717) is 19.8 Å². The molecule has 2 fully saturated rings. The predicted octanol–water partition coefficient (Wildman–Crippen LogP) is 3.27. The Morgan fingerprint density at radius 2 is 2.00 bits per heavy atom. The second kappa shape index (κ2) is 9.09. The van der Waals surface area contributed by atoms with Crippen LogP contribution in [0.25, 0.3) is 10.9 Å². The molecule has 0 aliphatic carbocycles. The number of rotatable bonds is 5. The van der Waals surface area contributed by atoms with Gasteiger partial charge in [0.2, 0.25) is 19.5 Å². The van der Waals surface area contributed by atoms with Gasteiger partial charge in [0.25, 0.3) is 0 Å². The van der Waals surface area contributed by atoms with Crippen molar-refractivity contribution in [1.82, 2.24) is 15.0 Å². The van der Waals surface area contributed by atoms with Crippen molar-refractivity contribution in [3.05, 3.63) is 35.1 Å². The largest absolute Gasteiger partial charge is 0.378 e. The van der Waals surface area contributed by atoms with Crippen LogP contribution < -0.4 is 9.80 Å². The Labute approximate surface area is 196 Å². The number of thiazole rings is 1. The minimum Gasteiger partial charge on any atom is -0.378 e. The van der Waals surface area contributed by atoms with Crippen LogP contribution in [-0.2, 0) is 14.6 Å². The molecule has 0 radical (unpaired) electrons. The van der Waals surface area contributed by atoms with E-state index >= 15 is 0 Å². The summed E-state index contributed by atoms with van der Waals surface area (Å²) >= 11 is 7.48. The van der Waals surface area contributed by atoms with Crippen LogP contribution >= 0.6 is 22.9 Å². The maximum Gasteiger partial charge on any atom is 0.224 e. The molecule has 170 valence electrons. The van der Waals surface area contributed by atoms with Crippen LogP contribution in [0, 0.1) is 5.92 Å². The van der Waals surface area contributed by atoms with Gasteiger partial charge in [-0.25, -0.2) is 18.4 Å². The van der Waals surface area contributed by atoms with Gasteiger partial charge in [0.05, 0.1) is 24.5 Å². The Hall–Kier alpha value is -2.01. The van der Waals surface area contributed by atoms with Crippen LogP contribution in [0.1, 0.15) is 12.8 Å². The van der Waals surface area contributed by atoms with Crippen LogP contribution in [-0.4, -0.2) is 68.5 Å². The molecule has 0 saturated carbocycles. The molecule has 0 spiro atoms. The highest BCUT2D eigenvalue weighted by atomic mass is 35.5. The van der Waals surface area contributed by atoms with Crippen molar-refractivity contribution >= 4 is 55.2 Å². The normalized spacial score (nSPS) is 20.1. The van der Waals surface area contributed by atoms with Crippen LogP contribution in [0.2, 0.25) is 5.28 Å². The fourth-order valence-electron chi connectivity index (χ4n) is 4.47. The molecule has 1 atom stereocenters. The summed E-state index contributed by atoms with van der Waals surface area (Å²) in [5, 5.41) is 2.82. The number of halogens is 1. The summed E-state index contributed by atoms with van der Waals surface area (Å²) in [6.07, 6.45) is 3.29. The van der Waals surface area contributed by atoms with E-state index in [-0.39, 0.29) is 21.3 Å². The van der Waals surface area contributed by atoms with Crippen molar-refractivity contribution < 1.29 is 13.2 Å². The first-order valence-corrected chi connectivity index (χ1v) is 13.6. The lowest BCUT2D eigenvalue weighted by molar-refractivity contribution is 0.122. The number of anilines is 2. The Bertz CT molecular complexity index is 1200. The number of fused-ring (bicyclic) bond motifs is 1. The monoisotopic (exact) mass is 493 g/mol. The zero-order valence-electron chi connectivity index (χ0n) is 17.5. The summed E-state index contributed by atoms with van der Waals surface area (Å²) in [7, 11) is -3.38. The molecule has 11 heteroatoms. The molecule has 0 N–H and O–H groups in total. The third-order valence-corrected chi connectivity index (χ3v) is 9.29. The lowest BCUT2D eigenvalue weighted by Crippen LogP contribution is -2.39. The molecule has 0 unspecified atom stereocenters. The van der Waals surface area contributed by atoms with E-state index in [2.05, 4.69) is 30.8 Å². The smallest absolute Gasteiger partial charge is 0.224 e. The fraction of sp³-hybridized carbons (Fsp3) is 0.476. The van der Waals surface area contributed by atoms with Crippen LogP contribution in [0.5, 0.6) is 0 Å². The number of sulfone groups is 1. The molecule has 0 amide bonds. The fourth-order valence-corrected chi connectivity index (χ4v) is 7.22. The van der Waals surface area contributed by atoms with Crippen molar-refractivity contribution in [3.8, 4) is 0 Å². The van der Waals surface area contributed by atoms with Crippen molar-refractivity contribution in [3.63, 3.8) is 0 Å². The van der Waals surface area contributed by atoms with E-state index in [1.807, 2.05) is 12.1 Å². The SMILES string of the molecule is O=S(=O)(C[C@H]1CCCN(c2nc(Cl)nc3cc(N4CCOCC4)ccc23)C1)c1nccs1. The minimum atomic E-state index is -3.38. The lowest BCUT2D eigenvalue weighted by atomic mass is 9.99. The van der Waals surface area contributed by atoms with Gasteiger partial charge in [-0.15, -0.1) is 11.3 Å². The summed E-state index contributed by atoms with van der Waals surface area (Å²) in [5.41, 5.74) is 1.88. The molecule has 3 aromatic rings. The number of benzene rings is 1. The van der Waals surface area contributed by atoms with Gasteiger partial charge in [-0.05, 0) is 48.6 Å². The Kier molecular flexibility index (Phi) is 6.20. The highest BCUT2D eigenvalue weighted by molar-refractivity contribution is 7.93. The number of hydrogen-bond acceptors (Lipinski definition) is 9. The number of aromatic nitrogens is 3. The number of ether oxygens (including phenoxy) is 1. The summed E-state index contributed by atoms with van der Waals surface area (Å²) < 4.78 is 31.1. The minimum absolute atomic E-state index is 0.00839. The summed E-state index contributed by atoms with van der Waals surface area (Å²) in [6.45, 7) is 4.54. The van der Waals surface area contributed by atoms with E-state index in [1.165, 1.54) is 17.5 Å². The van der Waals surface area contributed by atoms with Gasteiger partial charge >= 0.3 is 0 Å². The highest BCUT2D eigenvalue weighted by Crippen LogP contribution is 2.32. The number of hydrogen-bond donors (Lipinski definition) is 0. The molecule has 2 saturated heterocycles. The molecule has 2 aliphatic rings. The van der Waals surface area contributed by atoms with Gasteiger partial charge < -0.3 is 14.5 Å². The third kappa shape index (κ3) is 4.54. The number of morpholine rings is 1. The Morgan fingerprint density at radius 1 is 1.16 bits per heavy atom. The van der Waals surface area contributed by atoms with Crippen LogP contribution in [0.3, 0.4) is 0 Å². The molecule has 1 aromatic carbocycles. The average Bonchev–Trinajstić information content (AvgIpc) is 3.35. The Morgan fingerprint density at radius 3 is 2.78 bits per heavy atom. The molecule has 0 bridgehead atoms.